The summed E-state index contributed by atoms with van der Waals surface area (Å²) in [6.07, 6.45) is 6.61. The molecule has 1 saturated heterocycles. The first-order valence-electron chi connectivity index (χ1n) is 5.43. The molecule has 15 heavy (non-hydrogen) atoms. The van der Waals surface area contributed by atoms with Gasteiger partial charge in [-0.1, -0.05) is 0 Å². The number of carbonyl (C=O) groups excluding carboxylic acids is 1. The lowest BCUT2D eigenvalue weighted by atomic mass is 10.1. The molecule has 0 aromatic carbocycles. The van der Waals surface area contributed by atoms with Crippen LogP contribution >= 0.6 is 12.2 Å². The summed E-state index contributed by atoms with van der Waals surface area (Å²) >= 11 is 1.42. The second-order valence-electron chi connectivity index (χ2n) is 3.98. The molecule has 1 atom stereocenters. The molecular formula is C10H17N2O2S+. The summed E-state index contributed by atoms with van der Waals surface area (Å²) in [6, 6.07) is 0. The molecule has 0 aromatic rings. The molecule has 2 aliphatic rings. The first-order chi connectivity index (χ1) is 7.26. The first-order valence-corrected chi connectivity index (χ1v) is 6.13. The highest BCUT2D eigenvalue weighted by Crippen LogP contribution is 2.31. The third-order valence-corrected chi connectivity index (χ3v) is 3.94. The quantitative estimate of drug-likeness (QED) is 0.420. The van der Waals surface area contributed by atoms with Gasteiger partial charge in [0, 0.05) is 13.0 Å². The highest BCUT2D eigenvalue weighted by molar-refractivity contribution is 7.89. The Hall–Kier alpha value is -0.680. The number of likely N-dealkylation sites (tertiary alicyclic amines) is 1. The number of hydrogen-bond acceptors (Lipinski definition) is 3. The van der Waals surface area contributed by atoms with Crippen molar-refractivity contribution in [1.82, 2.24) is 4.90 Å². The van der Waals surface area contributed by atoms with Gasteiger partial charge in [-0.15, -0.1) is 0 Å². The number of quaternary nitrogens is 1. The summed E-state index contributed by atoms with van der Waals surface area (Å²) in [6.45, 7) is 4.68. The van der Waals surface area contributed by atoms with Gasteiger partial charge in [-0.3, -0.25) is 9.69 Å². The predicted molar refractivity (Wildman–Crippen MR) is 59.0 cm³/mol. The Kier molecular flexibility index (Phi) is 3.21. The van der Waals surface area contributed by atoms with Crippen LogP contribution < -0.4 is 0 Å². The maximum Gasteiger partial charge on any atom is 0.319 e. The Labute approximate surface area is 94.8 Å². The standard InChI is InChI=1S/C10H17N2O2S/c1-2-12(7-8-14-15-12)9-11-6-4-3-5-10(11)13/h7-8H,2-6,9H2,1H3/q+1. The van der Waals surface area contributed by atoms with Crippen LogP contribution in [-0.2, 0) is 8.98 Å². The average Bonchev–Trinajstić information content (AvgIpc) is 2.71. The van der Waals surface area contributed by atoms with Gasteiger partial charge in [0.05, 0.1) is 6.54 Å². The van der Waals surface area contributed by atoms with Crippen LogP contribution in [0.5, 0.6) is 0 Å². The van der Waals surface area contributed by atoms with Crippen molar-refractivity contribution >= 4 is 18.1 Å². The van der Waals surface area contributed by atoms with Crippen LogP contribution in [0.4, 0.5) is 0 Å². The number of nitrogens with zero attached hydrogens (tertiary/aromatic N) is 2. The van der Waals surface area contributed by atoms with E-state index in [0.29, 0.717) is 10.3 Å². The minimum atomic E-state index is 0.285. The SMILES string of the molecule is CC[N+]1(CN2CCCCC2=O)C=COS1. The van der Waals surface area contributed by atoms with E-state index in [2.05, 4.69) is 6.92 Å². The van der Waals surface area contributed by atoms with E-state index in [1.54, 1.807) is 6.26 Å². The molecule has 4 nitrogen and oxygen atoms in total. The number of carbonyl (C=O) groups is 1. The topological polar surface area (TPSA) is 29.5 Å². The molecule has 1 unspecified atom stereocenters. The van der Waals surface area contributed by atoms with Gasteiger partial charge in [-0.05, 0) is 19.8 Å². The predicted octanol–water partition coefficient (Wildman–Crippen LogP) is 1.86. The van der Waals surface area contributed by atoms with E-state index in [9.17, 15) is 4.79 Å². The molecule has 2 aliphatic heterocycles. The molecular weight excluding hydrogens is 212 g/mol. The molecule has 1 amide bonds. The van der Waals surface area contributed by atoms with Crippen molar-refractivity contribution in [3.05, 3.63) is 12.5 Å². The van der Waals surface area contributed by atoms with E-state index in [4.69, 9.17) is 4.18 Å². The largest absolute Gasteiger partial charge is 0.380 e. The van der Waals surface area contributed by atoms with Crippen LogP contribution in [-0.4, -0.2) is 34.5 Å². The molecule has 0 N–H and O–H groups in total. The van der Waals surface area contributed by atoms with Gasteiger partial charge >= 0.3 is 12.2 Å². The van der Waals surface area contributed by atoms with Crippen LogP contribution in [0.25, 0.3) is 0 Å². The third kappa shape index (κ3) is 2.29. The maximum absolute atomic E-state index is 11.7. The van der Waals surface area contributed by atoms with Crippen LogP contribution in [0, 0.1) is 0 Å². The first kappa shape index (κ1) is 10.8. The van der Waals surface area contributed by atoms with Gasteiger partial charge < -0.3 is 4.18 Å². The number of hydrogen-bond donors (Lipinski definition) is 0. The van der Waals surface area contributed by atoms with Crippen molar-refractivity contribution in [2.24, 2.45) is 0 Å². The van der Waals surface area contributed by atoms with Gasteiger partial charge in [0.25, 0.3) is 0 Å². The van der Waals surface area contributed by atoms with Gasteiger partial charge in [0.15, 0.2) is 12.9 Å². The lowest BCUT2D eigenvalue weighted by molar-refractivity contribution is -0.749. The zero-order valence-electron chi connectivity index (χ0n) is 9.02. The fourth-order valence-corrected chi connectivity index (χ4v) is 2.56. The second-order valence-corrected chi connectivity index (χ2v) is 5.05. The molecule has 0 saturated carbocycles. The molecule has 84 valence electrons. The maximum atomic E-state index is 11.7. The van der Waals surface area contributed by atoms with E-state index >= 15 is 0 Å². The van der Waals surface area contributed by atoms with Crippen molar-refractivity contribution in [1.29, 1.82) is 0 Å². The van der Waals surface area contributed by atoms with Crippen molar-refractivity contribution < 1.29 is 12.9 Å². The summed E-state index contributed by atoms with van der Waals surface area (Å²) < 4.78 is 5.87. The van der Waals surface area contributed by atoms with E-state index in [0.717, 1.165) is 32.6 Å². The normalized spacial score (nSPS) is 30.7. The Morgan fingerprint density at radius 3 is 3.07 bits per heavy atom. The minimum absolute atomic E-state index is 0.285. The van der Waals surface area contributed by atoms with Crippen LogP contribution in [0.3, 0.4) is 0 Å². The lowest BCUT2D eigenvalue weighted by Crippen LogP contribution is -2.48. The number of amides is 1. The Morgan fingerprint density at radius 1 is 1.60 bits per heavy atom. The Morgan fingerprint density at radius 2 is 2.47 bits per heavy atom. The second kappa shape index (κ2) is 4.45. The van der Waals surface area contributed by atoms with E-state index in [1.165, 1.54) is 12.2 Å². The van der Waals surface area contributed by atoms with Gasteiger partial charge in [0.2, 0.25) is 5.91 Å². The molecule has 0 bridgehead atoms. The molecule has 1 fully saturated rings. The minimum Gasteiger partial charge on any atom is -0.380 e. The molecule has 0 aliphatic carbocycles. The highest BCUT2D eigenvalue weighted by atomic mass is 32.2. The molecule has 0 spiro atoms. The van der Waals surface area contributed by atoms with E-state index in [1.807, 2.05) is 11.1 Å². The summed E-state index contributed by atoms with van der Waals surface area (Å²) in [7, 11) is 0. The van der Waals surface area contributed by atoms with Crippen LogP contribution in [0.1, 0.15) is 26.2 Å². The number of piperidine rings is 1. The van der Waals surface area contributed by atoms with E-state index in [-0.39, 0.29) is 5.91 Å². The van der Waals surface area contributed by atoms with Gasteiger partial charge in [0.1, 0.15) is 6.20 Å². The fraction of sp³-hybridized carbons (Fsp3) is 0.700. The molecule has 0 radical (unpaired) electrons. The highest BCUT2D eigenvalue weighted by Gasteiger charge is 2.36. The fourth-order valence-electron chi connectivity index (χ4n) is 1.90. The summed E-state index contributed by atoms with van der Waals surface area (Å²) in [4.78, 5) is 13.6. The summed E-state index contributed by atoms with van der Waals surface area (Å²) in [5.41, 5.74) is 0. The smallest absolute Gasteiger partial charge is 0.319 e. The third-order valence-electron chi connectivity index (χ3n) is 2.95. The van der Waals surface area contributed by atoms with Gasteiger partial charge in [-0.2, -0.15) is 3.89 Å². The lowest BCUT2D eigenvalue weighted by Gasteiger charge is -2.33. The Balaban J connectivity index is 1.99. The number of rotatable bonds is 3. The molecule has 5 heteroatoms. The van der Waals surface area contributed by atoms with Crippen LogP contribution in [0.2, 0.25) is 0 Å². The Bertz CT molecular complexity index is 283. The average molecular weight is 229 g/mol. The summed E-state index contributed by atoms with van der Waals surface area (Å²) in [5.74, 6) is 0.285. The zero-order valence-corrected chi connectivity index (χ0v) is 9.83. The van der Waals surface area contributed by atoms with Crippen molar-refractivity contribution in [3.63, 3.8) is 0 Å². The van der Waals surface area contributed by atoms with Crippen LogP contribution in [0.15, 0.2) is 12.5 Å². The van der Waals surface area contributed by atoms with Crippen molar-refractivity contribution in [3.8, 4) is 0 Å². The van der Waals surface area contributed by atoms with Crippen molar-refractivity contribution in [2.75, 3.05) is 19.8 Å². The summed E-state index contributed by atoms with van der Waals surface area (Å²) in [5, 5.41) is 0. The molecule has 0 aromatic heterocycles. The molecule has 2 heterocycles. The monoisotopic (exact) mass is 229 g/mol. The zero-order chi connectivity index (χ0) is 10.7. The van der Waals surface area contributed by atoms with E-state index < -0.39 is 0 Å². The van der Waals surface area contributed by atoms with Crippen molar-refractivity contribution in [2.45, 2.75) is 26.2 Å². The van der Waals surface area contributed by atoms with Gasteiger partial charge in [-0.25, -0.2) is 0 Å². The molecule has 2 rings (SSSR count).